The standard InChI is InChI=1S/C19H20FN3O/c20-17-9-5-4-6-14(17)10-22-11-15-12-23(13-18(15)22)19(24)21-16-7-2-1-3-8-16/h1-9,15,18H,10-13H2,(H,21,24). The van der Waals surface area contributed by atoms with E-state index in [9.17, 15) is 9.18 Å². The fourth-order valence-corrected chi connectivity index (χ4v) is 3.66. The lowest BCUT2D eigenvalue weighted by Gasteiger charge is -2.43. The maximum atomic E-state index is 13.8. The lowest BCUT2D eigenvalue weighted by atomic mass is 9.91. The first-order valence-corrected chi connectivity index (χ1v) is 8.29. The highest BCUT2D eigenvalue weighted by molar-refractivity contribution is 5.89. The molecule has 0 bridgehead atoms. The summed E-state index contributed by atoms with van der Waals surface area (Å²) in [6.07, 6.45) is 0. The van der Waals surface area contributed by atoms with E-state index in [1.807, 2.05) is 47.4 Å². The molecule has 2 saturated heterocycles. The first kappa shape index (κ1) is 15.1. The van der Waals surface area contributed by atoms with Crippen LogP contribution < -0.4 is 5.32 Å². The van der Waals surface area contributed by atoms with Crippen molar-refractivity contribution in [2.75, 3.05) is 25.0 Å². The Morgan fingerprint density at radius 3 is 2.58 bits per heavy atom. The van der Waals surface area contributed by atoms with Crippen molar-refractivity contribution in [3.05, 3.63) is 66.0 Å². The summed E-state index contributed by atoms with van der Waals surface area (Å²) in [7, 11) is 0. The van der Waals surface area contributed by atoms with E-state index in [2.05, 4.69) is 10.2 Å². The highest BCUT2D eigenvalue weighted by Gasteiger charge is 2.46. The van der Waals surface area contributed by atoms with Gasteiger partial charge in [-0.25, -0.2) is 9.18 Å². The van der Waals surface area contributed by atoms with Gasteiger partial charge in [-0.15, -0.1) is 0 Å². The molecule has 2 aliphatic rings. The third-order valence-corrected chi connectivity index (χ3v) is 4.99. The number of likely N-dealkylation sites (tertiary alicyclic amines) is 2. The second-order valence-electron chi connectivity index (χ2n) is 6.55. The Morgan fingerprint density at radius 2 is 1.79 bits per heavy atom. The number of nitrogens with zero attached hydrogens (tertiary/aromatic N) is 2. The third-order valence-electron chi connectivity index (χ3n) is 4.99. The van der Waals surface area contributed by atoms with Crippen molar-refractivity contribution >= 4 is 11.7 Å². The number of para-hydroxylation sites is 1. The van der Waals surface area contributed by atoms with Crippen LogP contribution in [-0.4, -0.2) is 41.5 Å². The molecule has 2 aromatic carbocycles. The molecule has 4 nitrogen and oxygen atoms in total. The van der Waals surface area contributed by atoms with Crippen molar-refractivity contribution in [3.63, 3.8) is 0 Å². The first-order valence-electron chi connectivity index (χ1n) is 8.29. The molecule has 2 heterocycles. The SMILES string of the molecule is O=C(Nc1ccccc1)N1CC2CN(Cc3ccccc3F)C2C1. The molecule has 2 atom stereocenters. The van der Waals surface area contributed by atoms with Crippen LogP contribution in [0, 0.1) is 11.7 Å². The first-order chi connectivity index (χ1) is 11.7. The molecule has 0 aliphatic carbocycles. The van der Waals surface area contributed by atoms with E-state index in [0.717, 1.165) is 24.3 Å². The van der Waals surface area contributed by atoms with Gasteiger partial charge in [0.05, 0.1) is 0 Å². The molecule has 1 N–H and O–H groups in total. The molecule has 0 spiro atoms. The molecule has 24 heavy (non-hydrogen) atoms. The largest absolute Gasteiger partial charge is 0.323 e. The minimum Gasteiger partial charge on any atom is -0.323 e. The predicted molar refractivity (Wildman–Crippen MR) is 91.1 cm³/mol. The zero-order chi connectivity index (χ0) is 16.5. The average Bonchev–Trinajstić information content (AvgIpc) is 2.92. The van der Waals surface area contributed by atoms with Gasteiger partial charge in [-0.1, -0.05) is 36.4 Å². The molecule has 2 fully saturated rings. The highest BCUT2D eigenvalue weighted by atomic mass is 19.1. The number of fused-ring (bicyclic) bond motifs is 1. The van der Waals surface area contributed by atoms with Crippen molar-refractivity contribution in [1.29, 1.82) is 0 Å². The Morgan fingerprint density at radius 1 is 1.04 bits per heavy atom. The molecule has 0 saturated carbocycles. The number of anilines is 1. The van der Waals surface area contributed by atoms with Crippen LogP contribution in [0.1, 0.15) is 5.56 Å². The van der Waals surface area contributed by atoms with E-state index in [1.54, 1.807) is 6.07 Å². The lowest BCUT2D eigenvalue weighted by molar-refractivity contribution is 0.0424. The smallest absolute Gasteiger partial charge is 0.321 e. The summed E-state index contributed by atoms with van der Waals surface area (Å²) in [4.78, 5) is 16.5. The number of amides is 2. The zero-order valence-electron chi connectivity index (χ0n) is 13.4. The van der Waals surface area contributed by atoms with Crippen LogP contribution in [-0.2, 0) is 6.54 Å². The number of nitrogens with one attached hydrogen (secondary N) is 1. The Bertz CT molecular complexity index is 736. The number of carbonyl (C=O) groups excluding carboxylic acids is 1. The average molecular weight is 325 g/mol. The maximum Gasteiger partial charge on any atom is 0.321 e. The molecular formula is C19H20FN3O. The molecule has 5 heteroatoms. The number of urea groups is 1. The molecule has 2 aromatic rings. The van der Waals surface area contributed by atoms with Gasteiger partial charge in [-0.3, -0.25) is 4.90 Å². The van der Waals surface area contributed by atoms with E-state index < -0.39 is 0 Å². The van der Waals surface area contributed by atoms with E-state index >= 15 is 0 Å². The van der Waals surface area contributed by atoms with Gasteiger partial charge in [0.15, 0.2) is 0 Å². The molecule has 4 rings (SSSR count). The van der Waals surface area contributed by atoms with Gasteiger partial charge < -0.3 is 10.2 Å². The Balaban J connectivity index is 1.35. The van der Waals surface area contributed by atoms with Crippen molar-refractivity contribution in [3.8, 4) is 0 Å². The van der Waals surface area contributed by atoms with Crippen LogP contribution in [0.5, 0.6) is 0 Å². The summed E-state index contributed by atoms with van der Waals surface area (Å²) < 4.78 is 13.8. The Hall–Kier alpha value is -2.40. The van der Waals surface area contributed by atoms with Crippen molar-refractivity contribution in [1.82, 2.24) is 9.80 Å². The zero-order valence-corrected chi connectivity index (χ0v) is 13.4. The predicted octanol–water partition coefficient (Wildman–Crippen LogP) is 3.17. The number of carbonyl (C=O) groups is 1. The number of halogens is 1. The van der Waals surface area contributed by atoms with Gasteiger partial charge >= 0.3 is 6.03 Å². The van der Waals surface area contributed by atoms with Crippen LogP contribution in [0.4, 0.5) is 14.9 Å². The van der Waals surface area contributed by atoms with Crippen LogP contribution in [0.2, 0.25) is 0 Å². The van der Waals surface area contributed by atoms with Crippen LogP contribution in [0.25, 0.3) is 0 Å². The van der Waals surface area contributed by atoms with Gasteiger partial charge in [0.25, 0.3) is 0 Å². The van der Waals surface area contributed by atoms with E-state index in [-0.39, 0.29) is 11.8 Å². The Labute approximate surface area is 140 Å². The van der Waals surface area contributed by atoms with Crippen molar-refractivity contribution in [2.45, 2.75) is 12.6 Å². The summed E-state index contributed by atoms with van der Waals surface area (Å²) in [5, 5.41) is 2.93. The summed E-state index contributed by atoms with van der Waals surface area (Å²) in [6, 6.07) is 16.7. The molecule has 2 aliphatic heterocycles. The number of hydrogen-bond donors (Lipinski definition) is 1. The molecule has 0 aromatic heterocycles. The van der Waals surface area contributed by atoms with Crippen molar-refractivity contribution in [2.24, 2.45) is 5.92 Å². The number of benzene rings is 2. The summed E-state index contributed by atoms with van der Waals surface area (Å²) in [6.45, 7) is 3.02. The second kappa shape index (κ2) is 6.24. The van der Waals surface area contributed by atoms with E-state index in [0.29, 0.717) is 25.0 Å². The summed E-state index contributed by atoms with van der Waals surface area (Å²) >= 11 is 0. The second-order valence-corrected chi connectivity index (χ2v) is 6.55. The molecule has 2 amide bonds. The quantitative estimate of drug-likeness (QED) is 0.941. The number of rotatable bonds is 3. The molecule has 2 unspecified atom stereocenters. The van der Waals surface area contributed by atoms with E-state index in [4.69, 9.17) is 0 Å². The molecule has 0 radical (unpaired) electrons. The fourth-order valence-electron chi connectivity index (χ4n) is 3.66. The van der Waals surface area contributed by atoms with Crippen LogP contribution in [0.15, 0.2) is 54.6 Å². The molecular weight excluding hydrogens is 305 g/mol. The highest BCUT2D eigenvalue weighted by Crippen LogP contribution is 2.34. The normalized spacial score (nSPS) is 22.8. The maximum absolute atomic E-state index is 13.8. The minimum atomic E-state index is -0.155. The monoisotopic (exact) mass is 325 g/mol. The fraction of sp³-hybridized carbons (Fsp3) is 0.316. The third kappa shape index (κ3) is 2.87. The van der Waals surface area contributed by atoms with Gasteiger partial charge in [0, 0.05) is 49.4 Å². The summed E-state index contributed by atoms with van der Waals surface area (Å²) in [5.41, 5.74) is 1.54. The number of hydrogen-bond acceptors (Lipinski definition) is 2. The van der Waals surface area contributed by atoms with Gasteiger partial charge in [0.2, 0.25) is 0 Å². The van der Waals surface area contributed by atoms with Gasteiger partial charge in [-0.05, 0) is 18.2 Å². The van der Waals surface area contributed by atoms with Crippen LogP contribution >= 0.6 is 0 Å². The van der Waals surface area contributed by atoms with Crippen LogP contribution in [0.3, 0.4) is 0 Å². The van der Waals surface area contributed by atoms with Gasteiger partial charge in [-0.2, -0.15) is 0 Å². The van der Waals surface area contributed by atoms with E-state index in [1.165, 1.54) is 6.07 Å². The van der Waals surface area contributed by atoms with Gasteiger partial charge in [0.1, 0.15) is 5.82 Å². The molecule has 124 valence electrons. The van der Waals surface area contributed by atoms with Crippen molar-refractivity contribution < 1.29 is 9.18 Å². The summed E-state index contributed by atoms with van der Waals surface area (Å²) in [5.74, 6) is 0.343. The Kier molecular flexibility index (Phi) is 3.94. The lowest BCUT2D eigenvalue weighted by Crippen LogP contribution is -2.54. The minimum absolute atomic E-state index is 0.0542. The topological polar surface area (TPSA) is 35.6 Å².